The normalized spacial score (nSPS) is 19.9. The van der Waals surface area contributed by atoms with E-state index in [1.165, 1.54) is 12.8 Å². The van der Waals surface area contributed by atoms with E-state index in [2.05, 4.69) is 10.6 Å². The van der Waals surface area contributed by atoms with Crippen molar-refractivity contribution in [2.75, 3.05) is 19.6 Å². The Kier molecular flexibility index (Phi) is 6.62. The molecule has 3 N–H and O–H groups in total. The van der Waals surface area contributed by atoms with Gasteiger partial charge in [-0.25, -0.2) is 0 Å². The molecule has 0 saturated carbocycles. The van der Waals surface area contributed by atoms with Crippen molar-refractivity contribution < 1.29 is 14.7 Å². The van der Waals surface area contributed by atoms with Crippen LogP contribution in [0.1, 0.15) is 38.5 Å². The average Bonchev–Trinajstić information content (AvgIpc) is 2.33. The molecular weight excluding hydrogens is 220 g/mol. The lowest BCUT2D eigenvalue weighted by Crippen LogP contribution is -2.31. The Balaban J connectivity index is 1.98. The Morgan fingerprint density at radius 1 is 1.35 bits per heavy atom. The number of carbonyl (C=O) groups is 2. The zero-order valence-electron chi connectivity index (χ0n) is 10.2. The van der Waals surface area contributed by atoms with Gasteiger partial charge < -0.3 is 15.7 Å². The van der Waals surface area contributed by atoms with E-state index in [-0.39, 0.29) is 12.3 Å². The highest BCUT2D eigenvalue weighted by Crippen LogP contribution is 2.15. The second-order valence-corrected chi connectivity index (χ2v) is 4.60. The second kappa shape index (κ2) is 8.06. The van der Waals surface area contributed by atoms with Crippen molar-refractivity contribution in [3.05, 3.63) is 0 Å². The molecule has 1 unspecified atom stereocenters. The summed E-state index contributed by atoms with van der Waals surface area (Å²) in [6.07, 6.45) is 4.51. The molecule has 1 heterocycles. The number of carboxylic acids is 1. The molecule has 0 radical (unpaired) electrons. The summed E-state index contributed by atoms with van der Waals surface area (Å²) in [5.41, 5.74) is 0. The van der Waals surface area contributed by atoms with Gasteiger partial charge in [0.15, 0.2) is 0 Å². The minimum atomic E-state index is -0.812. The van der Waals surface area contributed by atoms with Crippen molar-refractivity contribution in [1.29, 1.82) is 0 Å². The first kappa shape index (κ1) is 14.0. The van der Waals surface area contributed by atoms with E-state index in [9.17, 15) is 9.59 Å². The fourth-order valence-electron chi connectivity index (χ4n) is 2.06. The zero-order valence-corrected chi connectivity index (χ0v) is 10.2. The van der Waals surface area contributed by atoms with E-state index in [1.807, 2.05) is 0 Å². The summed E-state index contributed by atoms with van der Waals surface area (Å²) in [6.45, 7) is 2.58. The maximum absolute atomic E-state index is 11.5. The van der Waals surface area contributed by atoms with Crippen LogP contribution in [0.3, 0.4) is 0 Å². The maximum Gasteiger partial charge on any atom is 0.303 e. The highest BCUT2D eigenvalue weighted by molar-refractivity contribution is 5.75. The molecule has 0 aromatic rings. The van der Waals surface area contributed by atoms with Crippen molar-refractivity contribution in [2.24, 2.45) is 5.92 Å². The van der Waals surface area contributed by atoms with Gasteiger partial charge in [-0.3, -0.25) is 9.59 Å². The van der Waals surface area contributed by atoms with Gasteiger partial charge in [-0.05, 0) is 44.7 Å². The molecule has 1 fully saturated rings. The van der Waals surface area contributed by atoms with E-state index in [1.54, 1.807) is 0 Å². The smallest absolute Gasteiger partial charge is 0.303 e. The molecule has 1 aliphatic heterocycles. The molecule has 0 aromatic carbocycles. The molecule has 1 aliphatic rings. The molecule has 0 aliphatic carbocycles. The van der Waals surface area contributed by atoms with Crippen LogP contribution in [0.5, 0.6) is 0 Å². The van der Waals surface area contributed by atoms with Crippen LogP contribution < -0.4 is 10.6 Å². The molecule has 5 nitrogen and oxygen atoms in total. The van der Waals surface area contributed by atoms with Gasteiger partial charge in [-0.1, -0.05) is 0 Å². The number of piperidine rings is 1. The number of nitrogens with one attached hydrogen (secondary N) is 2. The van der Waals surface area contributed by atoms with Crippen molar-refractivity contribution in [1.82, 2.24) is 10.6 Å². The first-order valence-electron chi connectivity index (χ1n) is 6.37. The molecule has 5 heteroatoms. The van der Waals surface area contributed by atoms with Gasteiger partial charge in [-0.15, -0.1) is 0 Å². The molecule has 0 bridgehead atoms. The van der Waals surface area contributed by atoms with Crippen LogP contribution in [0.4, 0.5) is 0 Å². The van der Waals surface area contributed by atoms with Gasteiger partial charge in [0.05, 0.1) is 0 Å². The van der Waals surface area contributed by atoms with E-state index in [0.717, 1.165) is 19.5 Å². The lowest BCUT2D eigenvalue weighted by molar-refractivity contribution is -0.137. The first-order chi connectivity index (χ1) is 8.18. The summed E-state index contributed by atoms with van der Waals surface area (Å²) < 4.78 is 0. The lowest BCUT2D eigenvalue weighted by Gasteiger charge is -2.22. The van der Waals surface area contributed by atoms with Crippen molar-refractivity contribution in [2.45, 2.75) is 38.5 Å². The minimum Gasteiger partial charge on any atom is -0.481 e. The van der Waals surface area contributed by atoms with Gasteiger partial charge in [0.25, 0.3) is 0 Å². The Bertz CT molecular complexity index is 250. The van der Waals surface area contributed by atoms with Gasteiger partial charge in [0, 0.05) is 19.4 Å². The highest BCUT2D eigenvalue weighted by Gasteiger charge is 2.14. The average molecular weight is 242 g/mol. The number of carboxylic acid groups (broad SMARTS) is 1. The predicted molar refractivity (Wildman–Crippen MR) is 64.7 cm³/mol. The number of hydrogen-bond acceptors (Lipinski definition) is 3. The van der Waals surface area contributed by atoms with Crippen LogP contribution in [0.15, 0.2) is 0 Å². The lowest BCUT2D eigenvalue weighted by atomic mass is 9.94. The summed E-state index contributed by atoms with van der Waals surface area (Å²) in [7, 11) is 0. The number of rotatable bonds is 7. The molecule has 17 heavy (non-hydrogen) atoms. The highest BCUT2D eigenvalue weighted by atomic mass is 16.4. The zero-order chi connectivity index (χ0) is 12.5. The molecule has 1 amide bonds. The number of aliphatic carboxylic acids is 1. The van der Waals surface area contributed by atoms with Gasteiger partial charge >= 0.3 is 5.97 Å². The van der Waals surface area contributed by atoms with Gasteiger partial charge in [-0.2, -0.15) is 0 Å². The van der Waals surface area contributed by atoms with Crippen molar-refractivity contribution in [3.8, 4) is 0 Å². The van der Waals surface area contributed by atoms with E-state index in [4.69, 9.17) is 5.11 Å². The van der Waals surface area contributed by atoms with Crippen LogP contribution in [0, 0.1) is 5.92 Å². The van der Waals surface area contributed by atoms with Crippen LogP contribution in [0.2, 0.25) is 0 Å². The maximum atomic E-state index is 11.5. The van der Waals surface area contributed by atoms with Crippen LogP contribution in [-0.2, 0) is 9.59 Å². The fourth-order valence-corrected chi connectivity index (χ4v) is 2.06. The number of hydrogen-bond donors (Lipinski definition) is 3. The molecule has 98 valence electrons. The quantitative estimate of drug-likeness (QED) is 0.576. The van der Waals surface area contributed by atoms with E-state index >= 15 is 0 Å². The fraction of sp³-hybridized carbons (Fsp3) is 0.833. The number of carbonyl (C=O) groups excluding carboxylic acids is 1. The Hall–Kier alpha value is -1.10. The summed E-state index contributed by atoms with van der Waals surface area (Å²) in [4.78, 5) is 21.7. The molecular formula is C12H22N2O3. The molecule has 1 saturated heterocycles. The summed E-state index contributed by atoms with van der Waals surface area (Å²) in [5.74, 6) is -0.151. The SMILES string of the molecule is O=C(O)CCCNC(=O)CCC1CCCNC1. The molecule has 0 aromatic heterocycles. The Labute approximate surface area is 102 Å². The second-order valence-electron chi connectivity index (χ2n) is 4.60. The van der Waals surface area contributed by atoms with Gasteiger partial charge in [0.2, 0.25) is 5.91 Å². The molecule has 1 atom stereocenters. The summed E-state index contributed by atoms with van der Waals surface area (Å²) in [6, 6.07) is 0. The monoisotopic (exact) mass is 242 g/mol. The Morgan fingerprint density at radius 2 is 2.18 bits per heavy atom. The topological polar surface area (TPSA) is 78.4 Å². The van der Waals surface area contributed by atoms with Crippen LogP contribution >= 0.6 is 0 Å². The standard InChI is InChI=1S/C12H22N2O3/c15-11(14-8-2-4-12(16)17)6-5-10-3-1-7-13-9-10/h10,13H,1-9H2,(H,14,15)(H,16,17). The van der Waals surface area contributed by atoms with Crippen molar-refractivity contribution >= 4 is 11.9 Å². The third kappa shape index (κ3) is 6.94. The number of amides is 1. The van der Waals surface area contributed by atoms with Gasteiger partial charge in [0.1, 0.15) is 0 Å². The van der Waals surface area contributed by atoms with Crippen LogP contribution in [0.25, 0.3) is 0 Å². The van der Waals surface area contributed by atoms with Crippen molar-refractivity contribution in [3.63, 3.8) is 0 Å². The predicted octanol–water partition coefficient (Wildman–Crippen LogP) is 0.747. The summed E-state index contributed by atoms with van der Waals surface area (Å²) in [5, 5.41) is 14.5. The third-order valence-corrected chi connectivity index (χ3v) is 3.07. The minimum absolute atomic E-state index is 0.0426. The molecule has 0 spiro atoms. The third-order valence-electron chi connectivity index (χ3n) is 3.07. The largest absolute Gasteiger partial charge is 0.481 e. The molecule has 1 rings (SSSR count). The van der Waals surface area contributed by atoms with Crippen LogP contribution in [-0.4, -0.2) is 36.6 Å². The summed E-state index contributed by atoms with van der Waals surface area (Å²) >= 11 is 0. The Morgan fingerprint density at radius 3 is 2.82 bits per heavy atom. The van der Waals surface area contributed by atoms with E-state index in [0.29, 0.717) is 25.3 Å². The van der Waals surface area contributed by atoms with E-state index < -0.39 is 5.97 Å². The first-order valence-corrected chi connectivity index (χ1v) is 6.37.